The molecule has 0 aliphatic carbocycles. The predicted octanol–water partition coefficient (Wildman–Crippen LogP) is 2.20. The summed E-state index contributed by atoms with van der Waals surface area (Å²) in [5, 5.41) is 0. The van der Waals surface area contributed by atoms with Crippen LogP contribution in [0.1, 0.15) is 24.7 Å². The molecule has 0 N–H and O–H groups in total. The summed E-state index contributed by atoms with van der Waals surface area (Å²) in [6.45, 7) is 2.61. The summed E-state index contributed by atoms with van der Waals surface area (Å²) in [6, 6.07) is 7.96. The maximum Gasteiger partial charge on any atom is 0.332 e. The smallest absolute Gasteiger partial charge is 0.318 e. The van der Waals surface area contributed by atoms with Crippen LogP contribution in [0.15, 0.2) is 38.3 Å². The number of aryl methyl sites for hydroxylation is 2. The van der Waals surface area contributed by atoms with Crippen LogP contribution in [0.4, 0.5) is 0 Å². The van der Waals surface area contributed by atoms with E-state index >= 15 is 0 Å². The van der Waals surface area contributed by atoms with E-state index in [0.29, 0.717) is 17.7 Å². The highest BCUT2D eigenvalue weighted by molar-refractivity contribution is 9.10. The highest BCUT2D eigenvalue weighted by atomic mass is 79.9. The maximum atomic E-state index is 12.7. The normalized spacial score (nSPS) is 11.3. The Morgan fingerprint density at radius 1 is 1.17 bits per heavy atom. The van der Waals surface area contributed by atoms with Crippen molar-refractivity contribution in [2.45, 2.75) is 26.3 Å². The lowest BCUT2D eigenvalue weighted by atomic mass is 10.2. The molecule has 0 atom stereocenters. The Morgan fingerprint density at radius 3 is 2.58 bits per heavy atom. The van der Waals surface area contributed by atoms with Gasteiger partial charge in [-0.3, -0.25) is 13.9 Å². The van der Waals surface area contributed by atoms with E-state index in [1.165, 1.54) is 11.6 Å². The zero-order chi connectivity index (χ0) is 17.4. The van der Waals surface area contributed by atoms with Gasteiger partial charge in [-0.15, -0.1) is 0 Å². The Morgan fingerprint density at radius 2 is 1.92 bits per heavy atom. The molecule has 0 amide bonds. The second-order valence-electron chi connectivity index (χ2n) is 5.87. The van der Waals surface area contributed by atoms with E-state index in [-0.39, 0.29) is 11.2 Å². The van der Waals surface area contributed by atoms with Crippen LogP contribution in [0.5, 0.6) is 0 Å². The lowest BCUT2D eigenvalue weighted by Crippen LogP contribution is -2.37. The number of halogens is 1. The third-order valence-corrected chi connectivity index (χ3v) is 4.62. The number of benzene rings is 1. The molecule has 0 bridgehead atoms. The van der Waals surface area contributed by atoms with Crippen LogP contribution < -0.4 is 11.2 Å². The van der Waals surface area contributed by atoms with Crippen molar-refractivity contribution in [3.8, 4) is 0 Å². The Hall–Kier alpha value is -2.15. The van der Waals surface area contributed by atoms with Crippen molar-refractivity contribution in [2.75, 3.05) is 0 Å². The number of nitrogens with zero attached hydrogens (tertiary/aromatic N) is 4. The van der Waals surface area contributed by atoms with E-state index in [9.17, 15) is 9.59 Å². The second-order valence-corrected chi connectivity index (χ2v) is 6.79. The minimum Gasteiger partial charge on any atom is -0.318 e. The van der Waals surface area contributed by atoms with Gasteiger partial charge in [-0.1, -0.05) is 35.0 Å². The molecule has 0 radical (unpaired) electrons. The van der Waals surface area contributed by atoms with Crippen molar-refractivity contribution in [3.05, 3.63) is 61.0 Å². The number of rotatable bonds is 4. The maximum absolute atomic E-state index is 12.7. The predicted molar refractivity (Wildman–Crippen MR) is 97.5 cm³/mol. The molecule has 126 valence electrons. The summed E-state index contributed by atoms with van der Waals surface area (Å²) in [5.74, 6) is 0.825. The molecule has 1 aromatic carbocycles. The van der Waals surface area contributed by atoms with Crippen molar-refractivity contribution in [3.63, 3.8) is 0 Å². The van der Waals surface area contributed by atoms with Gasteiger partial charge in [0.1, 0.15) is 5.82 Å². The zero-order valence-corrected chi connectivity index (χ0v) is 15.5. The standard InChI is InChI=1S/C17H19BrN4O2/c1-4-6-13-19-15-14(16(23)21(3)17(24)20(15)2)22(13)10-11-7-5-8-12(18)9-11/h5,7-9H,4,6,10H2,1-3H3. The van der Waals surface area contributed by atoms with E-state index in [4.69, 9.17) is 0 Å². The summed E-state index contributed by atoms with van der Waals surface area (Å²) >= 11 is 3.48. The van der Waals surface area contributed by atoms with Gasteiger partial charge in [0.15, 0.2) is 11.2 Å². The SMILES string of the molecule is CCCc1nc2c(c(=O)n(C)c(=O)n2C)n1Cc1cccc(Br)c1. The van der Waals surface area contributed by atoms with Gasteiger partial charge in [-0.05, 0) is 24.1 Å². The molecule has 0 fully saturated rings. The quantitative estimate of drug-likeness (QED) is 0.685. The van der Waals surface area contributed by atoms with Crippen LogP contribution in [0.25, 0.3) is 11.2 Å². The molecule has 2 heterocycles. The summed E-state index contributed by atoms with van der Waals surface area (Å²) in [6.07, 6.45) is 1.66. The highest BCUT2D eigenvalue weighted by Crippen LogP contribution is 2.18. The number of fused-ring (bicyclic) bond motifs is 1. The third-order valence-electron chi connectivity index (χ3n) is 4.13. The molecule has 7 heteroatoms. The lowest BCUT2D eigenvalue weighted by Gasteiger charge is -2.10. The summed E-state index contributed by atoms with van der Waals surface area (Å²) < 4.78 is 5.49. The van der Waals surface area contributed by atoms with Gasteiger partial charge in [-0.2, -0.15) is 0 Å². The molecule has 0 aliphatic rings. The Balaban J connectivity index is 2.30. The van der Waals surface area contributed by atoms with Gasteiger partial charge < -0.3 is 4.57 Å². The lowest BCUT2D eigenvalue weighted by molar-refractivity contribution is 0.696. The van der Waals surface area contributed by atoms with Crippen molar-refractivity contribution < 1.29 is 0 Å². The van der Waals surface area contributed by atoms with Gasteiger partial charge in [-0.25, -0.2) is 9.78 Å². The average Bonchev–Trinajstić information content (AvgIpc) is 2.90. The van der Waals surface area contributed by atoms with Gasteiger partial charge in [0.05, 0.1) is 0 Å². The summed E-state index contributed by atoms with van der Waals surface area (Å²) in [5.41, 5.74) is 1.32. The largest absolute Gasteiger partial charge is 0.332 e. The monoisotopic (exact) mass is 390 g/mol. The first-order valence-corrected chi connectivity index (χ1v) is 8.63. The Bertz CT molecular complexity index is 1030. The fraction of sp³-hybridized carbons (Fsp3) is 0.353. The van der Waals surface area contributed by atoms with E-state index in [2.05, 4.69) is 27.8 Å². The topological polar surface area (TPSA) is 61.8 Å². The number of imidazole rings is 1. The van der Waals surface area contributed by atoms with Crippen LogP contribution in [0, 0.1) is 0 Å². The molecule has 3 aromatic rings. The minimum atomic E-state index is -0.359. The molecule has 6 nitrogen and oxygen atoms in total. The highest BCUT2D eigenvalue weighted by Gasteiger charge is 2.18. The van der Waals surface area contributed by atoms with Crippen molar-refractivity contribution in [1.82, 2.24) is 18.7 Å². The van der Waals surface area contributed by atoms with Crippen LogP contribution in [-0.4, -0.2) is 18.7 Å². The molecular formula is C17H19BrN4O2. The first-order chi connectivity index (χ1) is 11.4. The first-order valence-electron chi connectivity index (χ1n) is 7.83. The molecule has 0 unspecified atom stereocenters. The van der Waals surface area contributed by atoms with Crippen molar-refractivity contribution in [2.24, 2.45) is 14.1 Å². The number of aromatic nitrogens is 4. The van der Waals surface area contributed by atoms with Crippen molar-refractivity contribution >= 4 is 27.1 Å². The van der Waals surface area contributed by atoms with Gasteiger partial charge >= 0.3 is 5.69 Å². The summed E-state index contributed by atoms with van der Waals surface area (Å²) in [4.78, 5) is 29.4. The van der Waals surface area contributed by atoms with E-state index in [1.807, 2.05) is 28.8 Å². The zero-order valence-electron chi connectivity index (χ0n) is 13.9. The Kier molecular flexibility index (Phi) is 4.45. The molecule has 0 aliphatic heterocycles. The van der Waals surface area contributed by atoms with Gasteiger partial charge in [0.2, 0.25) is 0 Å². The van der Waals surface area contributed by atoms with Gasteiger partial charge in [0, 0.05) is 31.5 Å². The van der Waals surface area contributed by atoms with E-state index in [0.717, 1.165) is 33.3 Å². The van der Waals surface area contributed by atoms with Gasteiger partial charge in [0.25, 0.3) is 5.56 Å². The van der Waals surface area contributed by atoms with E-state index < -0.39 is 0 Å². The van der Waals surface area contributed by atoms with Crippen LogP contribution >= 0.6 is 15.9 Å². The van der Waals surface area contributed by atoms with Crippen LogP contribution in [-0.2, 0) is 27.1 Å². The molecule has 0 saturated carbocycles. The molecule has 2 aromatic heterocycles. The molecule has 3 rings (SSSR count). The minimum absolute atomic E-state index is 0.307. The van der Waals surface area contributed by atoms with Crippen LogP contribution in [0.3, 0.4) is 0 Å². The fourth-order valence-electron chi connectivity index (χ4n) is 2.89. The molecular weight excluding hydrogens is 372 g/mol. The molecule has 0 spiro atoms. The fourth-order valence-corrected chi connectivity index (χ4v) is 3.34. The molecule has 24 heavy (non-hydrogen) atoms. The van der Waals surface area contributed by atoms with Crippen molar-refractivity contribution in [1.29, 1.82) is 0 Å². The van der Waals surface area contributed by atoms with Crippen LogP contribution in [0.2, 0.25) is 0 Å². The average molecular weight is 391 g/mol. The van der Waals surface area contributed by atoms with E-state index in [1.54, 1.807) is 7.05 Å². The first kappa shape index (κ1) is 16.7. The Labute approximate surface area is 147 Å². The number of hydrogen-bond donors (Lipinski definition) is 0. The summed E-state index contributed by atoms with van der Waals surface area (Å²) in [7, 11) is 3.15. The number of hydrogen-bond acceptors (Lipinski definition) is 3. The second kappa shape index (κ2) is 6.39. The third kappa shape index (κ3) is 2.73. The molecule has 0 saturated heterocycles.